The molecule has 1 aliphatic heterocycles. The van der Waals surface area contributed by atoms with Crippen molar-refractivity contribution in [3.8, 4) is 0 Å². The molecule has 1 aromatic carbocycles. The van der Waals surface area contributed by atoms with Crippen molar-refractivity contribution in [3.05, 3.63) is 30.2 Å². The van der Waals surface area contributed by atoms with Crippen molar-refractivity contribution in [2.24, 2.45) is 0 Å². The molecular weight excluding hydrogens is 282 g/mol. The first-order valence-corrected chi connectivity index (χ1v) is 7.72. The number of hydrogen-bond donors (Lipinski definition) is 2. The third-order valence-electron chi connectivity index (χ3n) is 3.85. The number of hydrogen-bond acceptors (Lipinski definition) is 5. The van der Waals surface area contributed by atoms with E-state index < -0.39 is 0 Å². The van der Waals surface area contributed by atoms with Crippen LogP contribution in [0.25, 0.3) is 11.1 Å². The molecule has 1 unspecified atom stereocenters. The van der Waals surface area contributed by atoms with Gasteiger partial charge < -0.3 is 14.8 Å². The number of amides is 1. The van der Waals surface area contributed by atoms with Gasteiger partial charge in [-0.1, -0.05) is 12.1 Å². The van der Waals surface area contributed by atoms with E-state index in [0.717, 1.165) is 30.5 Å². The van der Waals surface area contributed by atoms with E-state index in [1.165, 1.54) is 0 Å². The van der Waals surface area contributed by atoms with Crippen LogP contribution < -0.4 is 5.32 Å². The van der Waals surface area contributed by atoms with E-state index in [4.69, 9.17) is 4.42 Å². The molecule has 1 aliphatic rings. The van der Waals surface area contributed by atoms with Gasteiger partial charge in [0.1, 0.15) is 5.52 Å². The third kappa shape index (κ3) is 3.84. The molecule has 0 radical (unpaired) electrons. The number of aliphatic hydroxyl groups is 1. The van der Waals surface area contributed by atoms with Crippen molar-refractivity contribution >= 4 is 17.0 Å². The molecule has 1 amide bonds. The third-order valence-corrected chi connectivity index (χ3v) is 3.85. The highest BCUT2D eigenvalue weighted by Crippen LogP contribution is 2.14. The molecule has 6 heteroatoms. The Morgan fingerprint density at radius 2 is 2.32 bits per heavy atom. The van der Waals surface area contributed by atoms with E-state index in [1.54, 1.807) is 0 Å². The van der Waals surface area contributed by atoms with Gasteiger partial charge in [0.2, 0.25) is 5.91 Å². The summed E-state index contributed by atoms with van der Waals surface area (Å²) < 4.78 is 5.61. The number of carbonyl (C=O) groups is 1. The van der Waals surface area contributed by atoms with E-state index >= 15 is 0 Å². The second-order valence-corrected chi connectivity index (χ2v) is 5.71. The van der Waals surface area contributed by atoms with E-state index in [0.29, 0.717) is 31.9 Å². The molecule has 2 aromatic rings. The van der Waals surface area contributed by atoms with Crippen molar-refractivity contribution in [1.82, 2.24) is 15.2 Å². The Kier molecular flexibility index (Phi) is 4.70. The van der Waals surface area contributed by atoms with Crippen molar-refractivity contribution < 1.29 is 14.3 Å². The topological polar surface area (TPSA) is 78.6 Å². The van der Waals surface area contributed by atoms with Crippen LogP contribution in [0, 0.1) is 0 Å². The predicted octanol–water partition coefficient (Wildman–Crippen LogP) is 0.943. The minimum atomic E-state index is -0.304. The predicted molar refractivity (Wildman–Crippen MR) is 82.4 cm³/mol. The maximum absolute atomic E-state index is 11.9. The molecule has 1 aromatic heterocycles. The van der Waals surface area contributed by atoms with Crippen LogP contribution in [-0.2, 0) is 11.2 Å². The molecule has 1 atom stereocenters. The summed E-state index contributed by atoms with van der Waals surface area (Å²) in [5, 5.41) is 12.5. The summed E-state index contributed by atoms with van der Waals surface area (Å²) >= 11 is 0. The number of fused-ring (bicyclic) bond motifs is 1. The van der Waals surface area contributed by atoms with E-state index in [-0.39, 0.29) is 12.0 Å². The van der Waals surface area contributed by atoms with Gasteiger partial charge in [-0.05, 0) is 31.5 Å². The number of rotatable bonds is 5. The van der Waals surface area contributed by atoms with Gasteiger partial charge in [-0.15, -0.1) is 0 Å². The number of piperidine rings is 1. The lowest BCUT2D eigenvalue weighted by molar-refractivity contribution is -0.122. The number of nitrogens with one attached hydrogen (secondary N) is 1. The standard InChI is InChI=1S/C16H21N3O3/c20-12-4-3-9-19(10-12)11-15(21)17-8-7-16-18-13-5-1-2-6-14(13)22-16/h1-2,5-6,12,20H,3-4,7-11H2,(H,17,21). The van der Waals surface area contributed by atoms with Crippen LogP contribution >= 0.6 is 0 Å². The van der Waals surface area contributed by atoms with Crippen LogP contribution in [0.1, 0.15) is 18.7 Å². The fourth-order valence-corrected chi connectivity index (χ4v) is 2.77. The SMILES string of the molecule is O=C(CN1CCCC(O)C1)NCCc1nc2ccccc2o1. The van der Waals surface area contributed by atoms with Gasteiger partial charge in [-0.25, -0.2) is 4.98 Å². The summed E-state index contributed by atoms with van der Waals surface area (Å²) in [5.41, 5.74) is 1.61. The molecule has 0 saturated carbocycles. The lowest BCUT2D eigenvalue weighted by Crippen LogP contribution is -2.44. The van der Waals surface area contributed by atoms with Crippen LogP contribution in [0.2, 0.25) is 0 Å². The van der Waals surface area contributed by atoms with Crippen molar-refractivity contribution in [2.45, 2.75) is 25.4 Å². The molecule has 0 spiro atoms. The van der Waals surface area contributed by atoms with Gasteiger partial charge in [-0.3, -0.25) is 9.69 Å². The first kappa shape index (κ1) is 15.0. The second kappa shape index (κ2) is 6.89. The van der Waals surface area contributed by atoms with Gasteiger partial charge in [-0.2, -0.15) is 0 Å². The minimum absolute atomic E-state index is 0.0230. The highest BCUT2D eigenvalue weighted by atomic mass is 16.3. The van der Waals surface area contributed by atoms with Crippen LogP contribution in [0.5, 0.6) is 0 Å². The number of β-amino-alcohol motifs (C(OH)–C–C–N with tert-alkyl or cyclic N) is 1. The minimum Gasteiger partial charge on any atom is -0.441 e. The number of aliphatic hydroxyl groups excluding tert-OH is 1. The van der Waals surface area contributed by atoms with Crippen LogP contribution in [0.3, 0.4) is 0 Å². The maximum atomic E-state index is 11.9. The van der Waals surface area contributed by atoms with Gasteiger partial charge in [0, 0.05) is 19.5 Å². The van der Waals surface area contributed by atoms with E-state index in [1.807, 2.05) is 29.2 Å². The summed E-state index contributed by atoms with van der Waals surface area (Å²) in [6.45, 7) is 2.29. The van der Waals surface area contributed by atoms with Gasteiger partial charge in [0.15, 0.2) is 11.5 Å². The summed E-state index contributed by atoms with van der Waals surface area (Å²) in [5.74, 6) is 0.611. The Morgan fingerprint density at radius 3 is 3.14 bits per heavy atom. The van der Waals surface area contributed by atoms with Crippen LogP contribution in [0.15, 0.2) is 28.7 Å². The molecule has 2 heterocycles. The second-order valence-electron chi connectivity index (χ2n) is 5.71. The average molecular weight is 303 g/mol. The highest BCUT2D eigenvalue weighted by molar-refractivity contribution is 5.78. The van der Waals surface area contributed by atoms with E-state index in [9.17, 15) is 9.90 Å². The fraction of sp³-hybridized carbons (Fsp3) is 0.500. The largest absolute Gasteiger partial charge is 0.441 e. The Balaban J connectivity index is 1.43. The van der Waals surface area contributed by atoms with Crippen LogP contribution in [-0.4, -0.2) is 53.2 Å². The Labute approximate surface area is 129 Å². The normalized spacial score (nSPS) is 19.4. The molecule has 22 heavy (non-hydrogen) atoms. The van der Waals surface area contributed by atoms with Gasteiger partial charge >= 0.3 is 0 Å². The number of aromatic nitrogens is 1. The first-order chi connectivity index (χ1) is 10.7. The fourth-order valence-electron chi connectivity index (χ4n) is 2.77. The smallest absolute Gasteiger partial charge is 0.234 e. The molecule has 0 aliphatic carbocycles. The molecular formula is C16H21N3O3. The summed E-state index contributed by atoms with van der Waals surface area (Å²) in [6, 6.07) is 7.62. The lowest BCUT2D eigenvalue weighted by atomic mass is 10.1. The molecule has 2 N–H and O–H groups in total. The van der Waals surface area contributed by atoms with E-state index in [2.05, 4.69) is 10.3 Å². The Hall–Kier alpha value is -1.92. The lowest BCUT2D eigenvalue weighted by Gasteiger charge is -2.29. The molecule has 1 fully saturated rings. The zero-order chi connectivity index (χ0) is 15.4. The zero-order valence-electron chi connectivity index (χ0n) is 12.5. The quantitative estimate of drug-likeness (QED) is 0.859. The number of carbonyl (C=O) groups excluding carboxylic acids is 1. The maximum Gasteiger partial charge on any atom is 0.234 e. The summed E-state index contributed by atoms with van der Waals surface area (Å²) in [6.07, 6.45) is 2.04. The molecule has 6 nitrogen and oxygen atoms in total. The van der Waals surface area contributed by atoms with Gasteiger partial charge in [0.25, 0.3) is 0 Å². The number of likely N-dealkylation sites (tertiary alicyclic amines) is 1. The average Bonchev–Trinajstić information content (AvgIpc) is 2.90. The first-order valence-electron chi connectivity index (χ1n) is 7.72. The number of para-hydroxylation sites is 2. The molecule has 3 rings (SSSR count). The van der Waals surface area contributed by atoms with Crippen LogP contribution in [0.4, 0.5) is 0 Å². The summed E-state index contributed by atoms with van der Waals surface area (Å²) in [7, 11) is 0. The molecule has 118 valence electrons. The monoisotopic (exact) mass is 303 g/mol. The molecule has 0 bridgehead atoms. The van der Waals surface area contributed by atoms with Crippen molar-refractivity contribution in [1.29, 1.82) is 0 Å². The Bertz CT molecular complexity index is 607. The number of oxazole rings is 1. The van der Waals surface area contributed by atoms with Crippen molar-refractivity contribution in [3.63, 3.8) is 0 Å². The number of nitrogens with zero attached hydrogens (tertiary/aromatic N) is 2. The Morgan fingerprint density at radius 1 is 1.45 bits per heavy atom. The highest BCUT2D eigenvalue weighted by Gasteiger charge is 2.19. The number of benzene rings is 1. The zero-order valence-corrected chi connectivity index (χ0v) is 12.5. The summed E-state index contributed by atoms with van der Waals surface area (Å²) in [4.78, 5) is 18.3. The van der Waals surface area contributed by atoms with Gasteiger partial charge in [0.05, 0.1) is 12.6 Å². The van der Waals surface area contributed by atoms with Crippen molar-refractivity contribution in [2.75, 3.05) is 26.2 Å². The molecule has 1 saturated heterocycles.